The van der Waals surface area contributed by atoms with Crippen molar-refractivity contribution < 1.29 is 4.92 Å². The Morgan fingerprint density at radius 3 is 2.38 bits per heavy atom. The van der Waals surface area contributed by atoms with Crippen molar-refractivity contribution >= 4 is 5.69 Å². The van der Waals surface area contributed by atoms with E-state index in [4.69, 9.17) is 11.6 Å². The summed E-state index contributed by atoms with van der Waals surface area (Å²) >= 11 is 0. The monoisotopic (exact) mass is 358 g/mol. The minimum absolute atomic E-state index is 0.121. The van der Waals surface area contributed by atoms with Crippen LogP contribution in [0.5, 0.6) is 0 Å². The average molecular weight is 358 g/mol. The van der Waals surface area contributed by atoms with Crippen LogP contribution in [0.1, 0.15) is 50.8 Å². The number of nitro groups is 1. The first-order valence-corrected chi connectivity index (χ1v) is 8.84. The zero-order valence-corrected chi connectivity index (χ0v) is 16.4. The number of allylic oxidation sites excluding steroid dienone is 4. The molecule has 142 valence electrons. The Bertz CT molecular complexity index is 748. The van der Waals surface area contributed by atoms with Gasteiger partial charge in [-0.3, -0.25) is 15.1 Å². The fourth-order valence-corrected chi connectivity index (χ4v) is 2.96. The highest BCUT2D eigenvalue weighted by atomic mass is 16.6. The summed E-state index contributed by atoms with van der Waals surface area (Å²) < 4.78 is 0. The summed E-state index contributed by atoms with van der Waals surface area (Å²) in [5, 5.41) is 12.2. The molecule has 0 aliphatic heterocycles. The minimum atomic E-state index is -0.400. The Kier molecular flexibility index (Phi) is 8.06. The molecule has 1 aromatic rings. The Morgan fingerprint density at radius 2 is 1.88 bits per heavy atom. The van der Waals surface area contributed by atoms with Crippen molar-refractivity contribution in [3.8, 4) is 0 Å². The number of hydrogen-bond acceptors (Lipinski definition) is 5. The maximum Gasteiger partial charge on any atom is 0.239 e. The molecular formula is C20H30N4O2. The molecule has 4 N–H and O–H groups in total. The summed E-state index contributed by atoms with van der Waals surface area (Å²) in [6.45, 7) is 9.74. The number of nitrogens with two attached hydrogens (primary N) is 2. The van der Waals surface area contributed by atoms with E-state index in [1.165, 1.54) is 29.8 Å². The number of rotatable bonds is 8. The van der Waals surface area contributed by atoms with Crippen molar-refractivity contribution in [2.75, 3.05) is 5.01 Å². The van der Waals surface area contributed by atoms with Gasteiger partial charge in [0.1, 0.15) is 0 Å². The molecule has 0 aliphatic carbocycles. The molecule has 0 fully saturated rings. The van der Waals surface area contributed by atoms with E-state index in [0.717, 1.165) is 24.1 Å². The fraction of sp³-hybridized carbons (Fsp3) is 0.400. The molecular weight excluding hydrogens is 328 g/mol. The van der Waals surface area contributed by atoms with Gasteiger partial charge in [0.05, 0.1) is 16.3 Å². The van der Waals surface area contributed by atoms with Crippen molar-refractivity contribution in [3.05, 3.63) is 74.3 Å². The summed E-state index contributed by atoms with van der Waals surface area (Å²) in [6, 6.07) is 4.16. The molecule has 0 aliphatic rings. The molecule has 0 heterocycles. The lowest BCUT2D eigenvalue weighted by atomic mass is 9.96. The van der Waals surface area contributed by atoms with Gasteiger partial charge in [0.25, 0.3) is 0 Å². The Balaban J connectivity index is 3.13. The molecule has 6 heteroatoms. The number of hydrogen-bond donors (Lipinski definition) is 2. The first-order valence-electron chi connectivity index (χ1n) is 8.84. The third-order valence-electron chi connectivity index (χ3n) is 4.51. The van der Waals surface area contributed by atoms with Gasteiger partial charge in [0.15, 0.2) is 0 Å². The molecule has 0 unspecified atom stereocenters. The predicted octanol–water partition coefficient (Wildman–Crippen LogP) is 4.12. The van der Waals surface area contributed by atoms with E-state index < -0.39 is 4.92 Å². The lowest BCUT2D eigenvalue weighted by Gasteiger charge is -2.24. The van der Waals surface area contributed by atoms with Crippen LogP contribution in [0, 0.1) is 17.0 Å². The molecule has 0 spiro atoms. The zero-order valence-electron chi connectivity index (χ0n) is 16.4. The quantitative estimate of drug-likeness (QED) is 0.315. The van der Waals surface area contributed by atoms with Crippen LogP contribution in [0.15, 0.2) is 47.5 Å². The Hall–Kier alpha value is -2.60. The van der Waals surface area contributed by atoms with Crippen LogP contribution in [0.4, 0.5) is 5.69 Å². The number of nitrogens with zero attached hydrogens (tertiary/aromatic N) is 2. The molecule has 1 rings (SSSR count). The van der Waals surface area contributed by atoms with Gasteiger partial charge in [0, 0.05) is 13.1 Å². The van der Waals surface area contributed by atoms with Crippen LogP contribution in [0.25, 0.3) is 0 Å². The molecule has 26 heavy (non-hydrogen) atoms. The lowest BCUT2D eigenvalue weighted by Crippen LogP contribution is -2.31. The summed E-state index contributed by atoms with van der Waals surface area (Å²) in [6.07, 6.45) is 7.27. The van der Waals surface area contributed by atoms with Crippen LogP contribution in [-0.4, -0.2) is 4.92 Å². The predicted molar refractivity (Wildman–Crippen MR) is 108 cm³/mol. The lowest BCUT2D eigenvalue weighted by molar-refractivity contribution is -0.424. The number of benzene rings is 1. The van der Waals surface area contributed by atoms with Crippen LogP contribution in [-0.2, 0) is 12.8 Å². The minimum Gasteiger partial charge on any atom is -0.403 e. The summed E-state index contributed by atoms with van der Waals surface area (Å²) in [5.41, 5.74) is 12.2. The molecule has 0 bridgehead atoms. The Morgan fingerprint density at radius 1 is 1.23 bits per heavy atom. The second kappa shape index (κ2) is 9.77. The Labute approximate surface area is 156 Å². The van der Waals surface area contributed by atoms with Crippen molar-refractivity contribution in [2.24, 2.45) is 11.6 Å². The normalized spacial score (nSPS) is 13.1. The first-order chi connectivity index (χ1) is 12.3. The van der Waals surface area contributed by atoms with Gasteiger partial charge in [0.2, 0.25) is 5.70 Å². The van der Waals surface area contributed by atoms with E-state index in [1.807, 2.05) is 13.0 Å². The molecule has 0 radical (unpaired) electrons. The highest BCUT2D eigenvalue weighted by molar-refractivity contribution is 5.59. The van der Waals surface area contributed by atoms with Gasteiger partial charge in [-0.15, -0.1) is 0 Å². The van der Waals surface area contributed by atoms with Crippen molar-refractivity contribution in [1.29, 1.82) is 0 Å². The second-order valence-electron chi connectivity index (χ2n) is 6.25. The molecule has 6 nitrogen and oxygen atoms in total. The van der Waals surface area contributed by atoms with Gasteiger partial charge >= 0.3 is 0 Å². The average Bonchev–Trinajstić information content (AvgIpc) is 2.61. The smallest absolute Gasteiger partial charge is 0.239 e. The van der Waals surface area contributed by atoms with E-state index in [9.17, 15) is 10.1 Å². The number of hydrazine groups is 1. The topological polar surface area (TPSA) is 98.4 Å². The first kappa shape index (κ1) is 21.4. The highest BCUT2D eigenvalue weighted by Crippen LogP contribution is 2.27. The van der Waals surface area contributed by atoms with E-state index in [1.54, 1.807) is 11.1 Å². The van der Waals surface area contributed by atoms with Crippen molar-refractivity contribution in [2.45, 2.75) is 53.9 Å². The van der Waals surface area contributed by atoms with Crippen molar-refractivity contribution in [1.82, 2.24) is 0 Å². The van der Waals surface area contributed by atoms with Gasteiger partial charge in [-0.2, -0.15) is 0 Å². The van der Waals surface area contributed by atoms with Crippen LogP contribution in [0.2, 0.25) is 0 Å². The zero-order chi connectivity index (χ0) is 19.9. The van der Waals surface area contributed by atoms with Crippen LogP contribution in [0.3, 0.4) is 0 Å². The van der Waals surface area contributed by atoms with Crippen LogP contribution < -0.4 is 16.6 Å². The van der Waals surface area contributed by atoms with Crippen molar-refractivity contribution in [3.63, 3.8) is 0 Å². The summed E-state index contributed by atoms with van der Waals surface area (Å²) in [4.78, 5) is 10.3. The van der Waals surface area contributed by atoms with Gasteiger partial charge in [-0.05, 0) is 73.6 Å². The third-order valence-corrected chi connectivity index (χ3v) is 4.51. The maximum atomic E-state index is 10.7. The fourth-order valence-electron chi connectivity index (χ4n) is 2.96. The van der Waals surface area contributed by atoms with E-state index in [2.05, 4.69) is 32.9 Å². The maximum absolute atomic E-state index is 10.7. The van der Waals surface area contributed by atoms with E-state index >= 15 is 0 Å². The number of aryl methyl sites for hydroxylation is 2. The molecule has 0 aromatic heterocycles. The molecule has 0 saturated heterocycles. The standard InChI is InChI=1S/C20H30N4O2/c1-6-17-12-18(11-15(4)19(17)7-2)23(22)20(13-21)14(3)9-8-10-16(5)24(25)26/h9-13H,6-8,21-22H2,1-5H3/b14-9+,16-10+,20-13-. The molecule has 1 aromatic carbocycles. The van der Waals surface area contributed by atoms with E-state index in [-0.39, 0.29) is 5.70 Å². The van der Waals surface area contributed by atoms with Gasteiger partial charge < -0.3 is 5.73 Å². The molecule has 0 amide bonds. The molecule has 0 saturated carbocycles. The summed E-state index contributed by atoms with van der Waals surface area (Å²) in [5.74, 6) is 6.34. The third kappa shape index (κ3) is 5.20. The van der Waals surface area contributed by atoms with Crippen LogP contribution >= 0.6 is 0 Å². The highest BCUT2D eigenvalue weighted by Gasteiger charge is 2.13. The second-order valence-corrected chi connectivity index (χ2v) is 6.25. The van der Waals surface area contributed by atoms with E-state index in [0.29, 0.717) is 12.1 Å². The molecule has 0 atom stereocenters. The summed E-state index contributed by atoms with van der Waals surface area (Å²) in [7, 11) is 0. The SMILES string of the molecule is CCc1cc(N(N)C(=C\N)/C(C)=C/C/C=C(\C)[N+](=O)[O-])cc(C)c1CC. The van der Waals surface area contributed by atoms with Gasteiger partial charge in [-0.1, -0.05) is 19.9 Å². The van der Waals surface area contributed by atoms with Gasteiger partial charge in [-0.25, -0.2) is 5.84 Å². The largest absolute Gasteiger partial charge is 0.403 e. The number of anilines is 1.